The van der Waals surface area contributed by atoms with Crippen LogP contribution < -0.4 is 5.56 Å². The minimum atomic E-state index is -1.41. The second-order valence-corrected chi connectivity index (χ2v) is 6.26. The Labute approximate surface area is 137 Å². The Morgan fingerprint density at radius 1 is 1.38 bits per heavy atom. The lowest BCUT2D eigenvalue weighted by molar-refractivity contribution is -0.159. The Balaban J connectivity index is 2.20. The van der Waals surface area contributed by atoms with Crippen molar-refractivity contribution in [2.45, 2.75) is 31.8 Å². The van der Waals surface area contributed by atoms with Gasteiger partial charge in [-0.25, -0.2) is 4.39 Å². The van der Waals surface area contributed by atoms with Crippen molar-refractivity contribution in [3.63, 3.8) is 0 Å². The van der Waals surface area contributed by atoms with Gasteiger partial charge in [-0.2, -0.15) is 0 Å². The first-order valence-electron chi connectivity index (χ1n) is 7.79. The van der Waals surface area contributed by atoms with E-state index in [1.54, 1.807) is 13.8 Å². The van der Waals surface area contributed by atoms with Crippen molar-refractivity contribution in [2.24, 2.45) is 5.92 Å². The molecule has 0 unspecified atom stereocenters. The van der Waals surface area contributed by atoms with Gasteiger partial charge in [-0.05, 0) is 31.5 Å². The first kappa shape index (κ1) is 16.4. The van der Waals surface area contributed by atoms with Gasteiger partial charge in [0.25, 0.3) is 5.56 Å². The molecule has 0 fully saturated rings. The number of hydrogen-bond donors (Lipinski definition) is 3. The maximum Gasteiger partial charge on any atom is 0.312 e. The van der Waals surface area contributed by atoms with Crippen LogP contribution in [0, 0.1) is 11.7 Å². The molecule has 2 aromatic rings. The smallest absolute Gasteiger partial charge is 0.312 e. The molecule has 0 saturated carbocycles. The van der Waals surface area contributed by atoms with Crippen molar-refractivity contribution < 1.29 is 19.0 Å². The quantitative estimate of drug-likeness (QED) is 0.741. The highest BCUT2D eigenvalue weighted by Crippen LogP contribution is 2.44. The van der Waals surface area contributed by atoms with Crippen molar-refractivity contribution >= 4 is 5.97 Å². The van der Waals surface area contributed by atoms with Gasteiger partial charge in [0.2, 0.25) is 0 Å². The first-order chi connectivity index (χ1) is 11.3. The number of carbonyl (C=O) groups excluding carboxylic acids is 1. The summed E-state index contributed by atoms with van der Waals surface area (Å²) in [4.78, 5) is 24.8. The van der Waals surface area contributed by atoms with Crippen molar-refractivity contribution in [3.05, 3.63) is 57.3 Å². The molecule has 0 saturated heterocycles. The van der Waals surface area contributed by atoms with Crippen molar-refractivity contribution in [2.75, 3.05) is 6.61 Å². The second kappa shape index (κ2) is 5.90. The van der Waals surface area contributed by atoms with Crippen LogP contribution in [0.3, 0.4) is 0 Å². The average molecular weight is 334 g/mol. The van der Waals surface area contributed by atoms with Crippen LogP contribution in [-0.4, -0.2) is 33.5 Å². The zero-order valence-corrected chi connectivity index (χ0v) is 13.4. The number of aliphatic hydroxyl groups is 1. The highest BCUT2D eigenvalue weighted by atomic mass is 19.1. The van der Waals surface area contributed by atoms with E-state index in [0.717, 1.165) is 0 Å². The molecule has 3 rings (SSSR count). The zero-order chi connectivity index (χ0) is 17.5. The van der Waals surface area contributed by atoms with E-state index >= 15 is 0 Å². The Morgan fingerprint density at radius 2 is 2.04 bits per heavy atom. The second-order valence-electron chi connectivity index (χ2n) is 6.26. The van der Waals surface area contributed by atoms with E-state index in [9.17, 15) is 19.1 Å². The number of benzene rings is 1. The number of H-pyrrole nitrogens is 2. The van der Waals surface area contributed by atoms with E-state index in [4.69, 9.17) is 4.74 Å². The number of nitrogens with one attached hydrogen (secondary N) is 2. The van der Waals surface area contributed by atoms with E-state index in [-0.39, 0.29) is 18.6 Å². The lowest BCUT2D eigenvalue weighted by Crippen LogP contribution is -2.50. The van der Waals surface area contributed by atoms with Gasteiger partial charge in [0.15, 0.2) is 0 Å². The zero-order valence-electron chi connectivity index (χ0n) is 13.4. The largest absolute Gasteiger partial charge is 0.466 e. The van der Waals surface area contributed by atoms with Crippen LogP contribution >= 0.6 is 0 Å². The normalized spacial score (nSPS) is 26.0. The molecule has 0 aliphatic heterocycles. The molecule has 0 amide bonds. The van der Waals surface area contributed by atoms with Crippen LogP contribution in [0.2, 0.25) is 0 Å². The van der Waals surface area contributed by atoms with E-state index in [1.165, 1.54) is 24.3 Å². The van der Waals surface area contributed by atoms with Gasteiger partial charge >= 0.3 is 5.97 Å². The Kier molecular flexibility index (Phi) is 4.04. The summed E-state index contributed by atoms with van der Waals surface area (Å²) in [6.07, 6.45) is 0.113. The van der Waals surface area contributed by atoms with Gasteiger partial charge in [0.1, 0.15) is 5.82 Å². The number of halogens is 1. The van der Waals surface area contributed by atoms with Crippen LogP contribution in [0.15, 0.2) is 29.1 Å². The maximum atomic E-state index is 13.3. The molecule has 3 atom stereocenters. The number of aromatic nitrogens is 2. The number of hydrogen-bond acceptors (Lipinski definition) is 4. The van der Waals surface area contributed by atoms with Crippen molar-refractivity contribution in [1.82, 2.24) is 10.2 Å². The standard InChI is InChI=1S/C17H19FN2O4/c1-3-24-16(22)14-12(9-4-6-10(18)7-5-9)13-11(8-17(14,2)23)19-20-15(13)21/h4-7,12,14,23H,3,8H2,1-2H3,(H2,19,20,21)/t12-,14-,17-/m0/s1. The van der Waals surface area contributed by atoms with E-state index in [2.05, 4.69) is 10.2 Å². The SMILES string of the molecule is CCOC(=O)[C@@H]1[C@@H](c2ccc(F)cc2)c2c([nH][nH]c2=O)C[C@]1(C)O. The molecule has 1 aromatic heterocycles. The van der Waals surface area contributed by atoms with Gasteiger partial charge in [-0.3, -0.25) is 14.7 Å². The fraction of sp³-hybridized carbons (Fsp3) is 0.412. The third-order valence-corrected chi connectivity index (χ3v) is 4.52. The summed E-state index contributed by atoms with van der Waals surface area (Å²) in [5.41, 5.74) is -0.278. The molecule has 1 aliphatic rings. The number of fused-ring (bicyclic) bond motifs is 1. The number of carbonyl (C=O) groups is 1. The monoisotopic (exact) mass is 334 g/mol. The molecule has 1 aromatic carbocycles. The van der Waals surface area contributed by atoms with Crippen molar-refractivity contribution in [1.29, 1.82) is 0 Å². The molecule has 7 heteroatoms. The molecule has 0 spiro atoms. The van der Waals surface area contributed by atoms with Gasteiger partial charge in [0.05, 0.1) is 18.1 Å². The summed E-state index contributed by atoms with van der Waals surface area (Å²) in [5, 5.41) is 16.1. The van der Waals surface area contributed by atoms with E-state index < -0.39 is 29.2 Å². The fourth-order valence-corrected chi connectivity index (χ4v) is 3.52. The van der Waals surface area contributed by atoms with E-state index in [0.29, 0.717) is 16.8 Å². The molecular formula is C17H19FN2O4. The van der Waals surface area contributed by atoms with Crippen LogP contribution in [0.5, 0.6) is 0 Å². The predicted octanol–water partition coefficient (Wildman–Crippen LogP) is 1.46. The molecule has 3 N–H and O–H groups in total. The lowest BCUT2D eigenvalue weighted by Gasteiger charge is -2.40. The maximum absolute atomic E-state index is 13.3. The molecule has 24 heavy (non-hydrogen) atoms. The lowest BCUT2D eigenvalue weighted by atomic mass is 9.66. The number of esters is 1. The van der Waals surface area contributed by atoms with Crippen LogP contribution in [-0.2, 0) is 16.0 Å². The number of rotatable bonds is 3. The van der Waals surface area contributed by atoms with Crippen LogP contribution in [0.25, 0.3) is 0 Å². The minimum absolute atomic E-state index is 0.113. The molecule has 1 aliphatic carbocycles. The molecule has 1 heterocycles. The van der Waals surface area contributed by atoms with Crippen molar-refractivity contribution in [3.8, 4) is 0 Å². The summed E-state index contributed by atoms with van der Waals surface area (Å²) < 4.78 is 18.4. The summed E-state index contributed by atoms with van der Waals surface area (Å²) in [6, 6.07) is 5.57. The third kappa shape index (κ3) is 2.65. The molecule has 0 radical (unpaired) electrons. The van der Waals surface area contributed by atoms with Gasteiger partial charge < -0.3 is 14.9 Å². The van der Waals surface area contributed by atoms with Gasteiger partial charge in [-0.15, -0.1) is 0 Å². The topological polar surface area (TPSA) is 95.2 Å². The number of aromatic amines is 2. The average Bonchev–Trinajstić information content (AvgIpc) is 2.86. The summed E-state index contributed by atoms with van der Waals surface area (Å²) >= 11 is 0. The van der Waals surface area contributed by atoms with Crippen LogP contribution in [0.4, 0.5) is 4.39 Å². The first-order valence-corrected chi connectivity index (χ1v) is 7.79. The minimum Gasteiger partial charge on any atom is -0.466 e. The van der Waals surface area contributed by atoms with Gasteiger partial charge in [-0.1, -0.05) is 12.1 Å². The van der Waals surface area contributed by atoms with Crippen LogP contribution in [0.1, 0.15) is 36.6 Å². The highest BCUT2D eigenvalue weighted by molar-refractivity contribution is 5.77. The highest BCUT2D eigenvalue weighted by Gasteiger charge is 2.51. The molecular weight excluding hydrogens is 315 g/mol. The Bertz CT molecular complexity index is 807. The third-order valence-electron chi connectivity index (χ3n) is 4.52. The van der Waals surface area contributed by atoms with Gasteiger partial charge in [0, 0.05) is 23.6 Å². The molecule has 6 nitrogen and oxygen atoms in total. The summed E-state index contributed by atoms with van der Waals surface area (Å²) in [6.45, 7) is 3.38. The summed E-state index contributed by atoms with van der Waals surface area (Å²) in [7, 11) is 0. The molecule has 0 bridgehead atoms. The Hall–Kier alpha value is -2.41. The number of ether oxygens (including phenoxy) is 1. The predicted molar refractivity (Wildman–Crippen MR) is 84.1 cm³/mol. The van der Waals surface area contributed by atoms with E-state index in [1.807, 2.05) is 0 Å². The fourth-order valence-electron chi connectivity index (χ4n) is 3.52. The Morgan fingerprint density at radius 3 is 2.67 bits per heavy atom. The molecule has 128 valence electrons. The summed E-state index contributed by atoms with van der Waals surface area (Å²) in [5.74, 6) is -2.69.